The summed E-state index contributed by atoms with van der Waals surface area (Å²) in [4.78, 5) is 0. The van der Waals surface area contributed by atoms with Crippen molar-refractivity contribution >= 4 is 10.2 Å². The van der Waals surface area contributed by atoms with Gasteiger partial charge in [-0.2, -0.15) is 17.0 Å². The number of nitrogens with zero attached hydrogens (tertiary/aromatic N) is 2. The molecule has 1 unspecified atom stereocenters. The van der Waals surface area contributed by atoms with Gasteiger partial charge in [-0.25, -0.2) is 0 Å². The lowest BCUT2D eigenvalue weighted by molar-refractivity contribution is 0.390. The Kier molecular flexibility index (Phi) is 3.30. The lowest BCUT2D eigenvalue weighted by Crippen LogP contribution is -2.41. The summed E-state index contributed by atoms with van der Waals surface area (Å²) in [6.45, 7) is 3.21. The van der Waals surface area contributed by atoms with Gasteiger partial charge in [0, 0.05) is 26.2 Å². The Morgan fingerprint density at radius 1 is 1.13 bits per heavy atom. The molecule has 0 aromatic rings. The molecule has 0 spiro atoms. The predicted octanol–water partition coefficient (Wildman–Crippen LogP) is -0.392. The molecule has 2 saturated heterocycles. The zero-order valence-corrected chi connectivity index (χ0v) is 9.75. The highest BCUT2D eigenvalue weighted by molar-refractivity contribution is 7.86. The molecule has 0 aromatic carbocycles. The quantitative estimate of drug-likeness (QED) is 0.722. The second-order valence-electron chi connectivity index (χ2n) is 4.36. The van der Waals surface area contributed by atoms with E-state index in [1.165, 1.54) is 0 Å². The fourth-order valence-corrected chi connectivity index (χ4v) is 4.06. The van der Waals surface area contributed by atoms with E-state index in [-0.39, 0.29) is 0 Å². The molecule has 2 fully saturated rings. The molecule has 0 aromatic heterocycles. The lowest BCUT2D eigenvalue weighted by Gasteiger charge is -2.23. The van der Waals surface area contributed by atoms with Crippen LogP contribution in [0.3, 0.4) is 0 Å². The van der Waals surface area contributed by atoms with Gasteiger partial charge in [-0.05, 0) is 31.7 Å². The van der Waals surface area contributed by atoms with Crippen LogP contribution in [0, 0.1) is 5.92 Å². The first-order chi connectivity index (χ1) is 7.14. The first kappa shape index (κ1) is 11.3. The molecule has 2 aliphatic rings. The molecule has 15 heavy (non-hydrogen) atoms. The van der Waals surface area contributed by atoms with Gasteiger partial charge in [-0.15, -0.1) is 0 Å². The molecule has 88 valence electrons. The van der Waals surface area contributed by atoms with Crippen LogP contribution in [0.1, 0.15) is 19.3 Å². The summed E-state index contributed by atoms with van der Waals surface area (Å²) in [6, 6.07) is 0. The van der Waals surface area contributed by atoms with Crippen molar-refractivity contribution in [3.63, 3.8) is 0 Å². The Balaban J connectivity index is 2.03. The predicted molar refractivity (Wildman–Crippen MR) is 58.5 cm³/mol. The van der Waals surface area contributed by atoms with Crippen molar-refractivity contribution in [2.45, 2.75) is 19.3 Å². The third-order valence-corrected chi connectivity index (χ3v) is 5.30. The molecule has 2 rings (SSSR count). The van der Waals surface area contributed by atoms with Crippen molar-refractivity contribution in [1.29, 1.82) is 0 Å². The number of nitrogens with two attached hydrogens (primary N) is 1. The Morgan fingerprint density at radius 2 is 1.80 bits per heavy atom. The van der Waals surface area contributed by atoms with E-state index in [0.29, 0.717) is 38.6 Å². The summed E-state index contributed by atoms with van der Waals surface area (Å²) in [5, 5.41) is 0. The molecular weight excluding hydrogens is 214 g/mol. The third kappa shape index (κ3) is 2.18. The molecule has 2 aliphatic heterocycles. The van der Waals surface area contributed by atoms with E-state index in [1.807, 2.05) is 0 Å². The van der Waals surface area contributed by atoms with Gasteiger partial charge in [0.1, 0.15) is 0 Å². The third-order valence-electron chi connectivity index (χ3n) is 3.30. The smallest absolute Gasteiger partial charge is 0.281 e. The van der Waals surface area contributed by atoms with Crippen molar-refractivity contribution < 1.29 is 8.42 Å². The Morgan fingerprint density at radius 3 is 2.33 bits per heavy atom. The van der Waals surface area contributed by atoms with Gasteiger partial charge in [0.15, 0.2) is 0 Å². The molecule has 5 nitrogen and oxygen atoms in total. The van der Waals surface area contributed by atoms with Gasteiger partial charge in [0.2, 0.25) is 0 Å². The highest BCUT2D eigenvalue weighted by Gasteiger charge is 2.35. The first-order valence-corrected chi connectivity index (χ1v) is 6.99. The molecule has 6 heteroatoms. The van der Waals surface area contributed by atoms with Crippen LogP contribution in [-0.4, -0.2) is 49.8 Å². The zero-order chi connectivity index (χ0) is 10.9. The van der Waals surface area contributed by atoms with Gasteiger partial charge in [-0.3, -0.25) is 0 Å². The molecule has 0 radical (unpaired) electrons. The standard InChI is InChI=1S/C9H19N3O2S/c10-7-9-3-6-12(8-9)15(13,14)11-4-1-2-5-11/h9H,1-8,10H2. The fraction of sp³-hybridized carbons (Fsp3) is 1.00. The largest absolute Gasteiger partial charge is 0.330 e. The van der Waals surface area contributed by atoms with Crippen LogP contribution in [0.15, 0.2) is 0 Å². The first-order valence-electron chi connectivity index (χ1n) is 5.60. The monoisotopic (exact) mass is 233 g/mol. The maximum absolute atomic E-state index is 12.1. The van der Waals surface area contributed by atoms with E-state index in [2.05, 4.69) is 0 Å². The van der Waals surface area contributed by atoms with Crippen molar-refractivity contribution in [3.05, 3.63) is 0 Å². The van der Waals surface area contributed by atoms with Gasteiger partial charge in [0.25, 0.3) is 10.2 Å². The topological polar surface area (TPSA) is 66.6 Å². The summed E-state index contributed by atoms with van der Waals surface area (Å²) < 4.78 is 27.4. The molecule has 0 aliphatic carbocycles. The van der Waals surface area contributed by atoms with Gasteiger partial charge in [0.05, 0.1) is 0 Å². The fourth-order valence-electron chi connectivity index (χ4n) is 2.28. The molecule has 2 N–H and O–H groups in total. The molecular formula is C9H19N3O2S. The van der Waals surface area contributed by atoms with E-state index >= 15 is 0 Å². The minimum atomic E-state index is -3.17. The van der Waals surface area contributed by atoms with Crippen LogP contribution in [0.5, 0.6) is 0 Å². The average molecular weight is 233 g/mol. The van der Waals surface area contributed by atoms with Crippen molar-refractivity contribution in [1.82, 2.24) is 8.61 Å². The minimum absolute atomic E-state index is 0.349. The van der Waals surface area contributed by atoms with Gasteiger partial charge < -0.3 is 5.73 Å². The van der Waals surface area contributed by atoms with E-state index < -0.39 is 10.2 Å². The van der Waals surface area contributed by atoms with E-state index in [4.69, 9.17) is 5.73 Å². The molecule has 0 amide bonds. The maximum Gasteiger partial charge on any atom is 0.281 e. The zero-order valence-electron chi connectivity index (χ0n) is 8.93. The molecule has 1 atom stereocenters. The summed E-state index contributed by atoms with van der Waals surface area (Å²) in [7, 11) is -3.17. The maximum atomic E-state index is 12.1. The highest BCUT2D eigenvalue weighted by atomic mass is 32.2. The van der Waals surface area contributed by atoms with E-state index in [0.717, 1.165) is 19.3 Å². The van der Waals surface area contributed by atoms with E-state index in [9.17, 15) is 8.42 Å². The number of hydrogen-bond donors (Lipinski definition) is 1. The Hall–Kier alpha value is -0.170. The summed E-state index contributed by atoms with van der Waals surface area (Å²) in [5.41, 5.74) is 5.56. The highest BCUT2D eigenvalue weighted by Crippen LogP contribution is 2.23. The van der Waals surface area contributed by atoms with E-state index in [1.54, 1.807) is 8.61 Å². The number of hydrogen-bond acceptors (Lipinski definition) is 3. The van der Waals surface area contributed by atoms with Crippen molar-refractivity contribution in [3.8, 4) is 0 Å². The second-order valence-corrected chi connectivity index (χ2v) is 6.29. The SMILES string of the molecule is NCC1CCN(S(=O)(=O)N2CCCC2)C1. The normalized spacial score (nSPS) is 30.1. The minimum Gasteiger partial charge on any atom is -0.330 e. The number of rotatable bonds is 3. The van der Waals surface area contributed by atoms with Crippen LogP contribution in [0.25, 0.3) is 0 Å². The van der Waals surface area contributed by atoms with Crippen molar-refractivity contribution in [2.24, 2.45) is 11.7 Å². The van der Waals surface area contributed by atoms with Crippen LogP contribution in [-0.2, 0) is 10.2 Å². The Bertz CT molecular complexity index is 311. The summed E-state index contributed by atoms with van der Waals surface area (Å²) in [5.74, 6) is 0.349. The molecule has 2 heterocycles. The summed E-state index contributed by atoms with van der Waals surface area (Å²) in [6.07, 6.45) is 2.89. The van der Waals surface area contributed by atoms with Crippen LogP contribution < -0.4 is 5.73 Å². The van der Waals surface area contributed by atoms with Gasteiger partial charge >= 0.3 is 0 Å². The average Bonchev–Trinajstić information content (AvgIpc) is 2.89. The Labute approximate surface area is 91.4 Å². The van der Waals surface area contributed by atoms with Gasteiger partial charge in [-0.1, -0.05) is 0 Å². The lowest BCUT2D eigenvalue weighted by atomic mass is 10.1. The van der Waals surface area contributed by atoms with Crippen molar-refractivity contribution in [2.75, 3.05) is 32.7 Å². The van der Waals surface area contributed by atoms with Crippen LogP contribution in [0.4, 0.5) is 0 Å². The van der Waals surface area contributed by atoms with Crippen LogP contribution >= 0.6 is 0 Å². The molecule has 0 saturated carbocycles. The van der Waals surface area contributed by atoms with Crippen LogP contribution in [0.2, 0.25) is 0 Å². The summed E-state index contributed by atoms with van der Waals surface area (Å²) >= 11 is 0. The molecule has 0 bridgehead atoms. The second kappa shape index (κ2) is 4.37.